The lowest BCUT2D eigenvalue weighted by molar-refractivity contribution is 0.0696. The number of nitrogens with one attached hydrogen (secondary N) is 1. The van der Waals surface area contributed by atoms with Crippen molar-refractivity contribution in [3.63, 3.8) is 0 Å². The molecule has 0 unspecified atom stereocenters. The number of carbonyl (C=O) groups excluding carboxylic acids is 1. The first-order chi connectivity index (χ1) is 31.8. The highest BCUT2D eigenvalue weighted by molar-refractivity contribution is 5.95. The summed E-state index contributed by atoms with van der Waals surface area (Å²) < 4.78 is 95.3. The fourth-order valence-corrected chi connectivity index (χ4v) is 5.47. The van der Waals surface area contributed by atoms with Gasteiger partial charge in [-0.05, 0) is 60.7 Å². The van der Waals surface area contributed by atoms with Crippen molar-refractivity contribution in [1.82, 2.24) is 45.5 Å². The number of oxazole rings is 2. The van der Waals surface area contributed by atoms with Crippen LogP contribution in [0.15, 0.2) is 116 Å². The molecule has 0 aliphatic rings. The van der Waals surface area contributed by atoms with Gasteiger partial charge in [0.05, 0.1) is 22.5 Å². The summed E-state index contributed by atoms with van der Waals surface area (Å²) in [5.41, 5.74) is 8.20. The minimum Gasteiger partial charge on any atom is -0.478 e. The van der Waals surface area contributed by atoms with Crippen LogP contribution in [-0.4, -0.2) is 70.3 Å². The first-order valence-electron chi connectivity index (χ1n) is 19.6. The van der Waals surface area contributed by atoms with Crippen LogP contribution in [0.1, 0.15) is 84.4 Å². The van der Waals surface area contributed by atoms with Crippen molar-refractivity contribution < 1.29 is 58.9 Å². The summed E-state index contributed by atoms with van der Waals surface area (Å²) >= 11 is 0. The maximum Gasteiger partial charge on any atom is 0.337 e. The highest BCUT2D eigenvalue weighted by atomic mass is 19.3. The van der Waals surface area contributed by atoms with Gasteiger partial charge in [-0.25, -0.2) is 23.5 Å². The van der Waals surface area contributed by atoms with Crippen molar-refractivity contribution in [1.29, 1.82) is 0 Å². The Balaban J connectivity index is 0.000000183. The zero-order valence-electron chi connectivity index (χ0n) is 35.6. The topological polar surface area (TPSA) is 248 Å². The molecule has 23 heteroatoms. The number of carboxylic acids is 1. The number of carboxylic acid groups (broad SMARTS) is 1. The number of alkyl halides is 4. The maximum atomic E-state index is 13.1. The highest BCUT2D eigenvalue weighted by Gasteiger charge is 2.27. The molecule has 67 heavy (non-hydrogen) atoms. The van der Waals surface area contributed by atoms with Gasteiger partial charge in [0.25, 0.3) is 17.7 Å². The van der Waals surface area contributed by atoms with Crippen molar-refractivity contribution in [3.05, 3.63) is 144 Å². The van der Waals surface area contributed by atoms with Crippen LogP contribution in [0.4, 0.5) is 26.3 Å². The van der Waals surface area contributed by atoms with E-state index in [1.54, 1.807) is 30.5 Å². The number of hydrogen-bond donors (Lipinski definition) is 3. The first-order valence-corrected chi connectivity index (χ1v) is 19.6. The van der Waals surface area contributed by atoms with E-state index in [1.165, 1.54) is 61.3 Å². The number of amides is 1. The molecule has 8 aromatic rings. The molecule has 0 spiro atoms. The molecule has 0 fully saturated rings. The van der Waals surface area contributed by atoms with E-state index in [1.807, 2.05) is 27.7 Å². The van der Waals surface area contributed by atoms with Crippen molar-refractivity contribution in [2.75, 3.05) is 13.1 Å². The minimum absolute atomic E-state index is 0.0918. The molecule has 0 bridgehead atoms. The molecule has 1 amide bonds. The third-order valence-electron chi connectivity index (χ3n) is 9.54. The molecule has 0 saturated heterocycles. The van der Waals surface area contributed by atoms with E-state index in [-0.39, 0.29) is 57.5 Å². The van der Waals surface area contributed by atoms with Gasteiger partial charge in [-0.3, -0.25) is 14.8 Å². The molecule has 6 heterocycles. The zero-order chi connectivity index (χ0) is 48.5. The molecule has 2 aromatic carbocycles. The quantitative estimate of drug-likeness (QED) is 0.0912. The summed E-state index contributed by atoms with van der Waals surface area (Å²) in [6, 6.07) is 14.4. The maximum absolute atomic E-state index is 13.1. The molecule has 17 nitrogen and oxygen atoms in total. The summed E-state index contributed by atoms with van der Waals surface area (Å²) in [6.07, 6.45) is 2.39. The average molecular weight is 933 g/mol. The number of nitrogens with zero attached hydrogens (tertiary/aromatic N) is 8. The summed E-state index contributed by atoms with van der Waals surface area (Å²) in [5, 5.41) is 18.3. The number of halogens is 6. The second-order valence-electron chi connectivity index (χ2n) is 15.5. The van der Waals surface area contributed by atoms with E-state index < -0.39 is 41.9 Å². The summed E-state index contributed by atoms with van der Waals surface area (Å²) in [4.78, 5) is 46.8. The van der Waals surface area contributed by atoms with Gasteiger partial charge in [0, 0.05) is 71.0 Å². The predicted octanol–water partition coefficient (Wildman–Crippen LogP) is 9.06. The van der Waals surface area contributed by atoms with Crippen LogP contribution in [0.3, 0.4) is 0 Å². The van der Waals surface area contributed by atoms with E-state index in [9.17, 15) is 35.9 Å². The smallest absolute Gasteiger partial charge is 0.337 e. The Labute approximate surface area is 375 Å². The van der Waals surface area contributed by atoms with Gasteiger partial charge in [-0.15, -0.1) is 0 Å². The lowest BCUT2D eigenvalue weighted by Crippen LogP contribution is -2.37. The number of carbonyl (C=O) groups is 2. The van der Waals surface area contributed by atoms with Crippen LogP contribution in [-0.2, 0) is 10.8 Å². The standard InChI is InChI=1S/C22H18F3N5O3.C13H15FN2O.C9H5F2N3O3/c1-22(2,16-10-32-20(28-16)12-3-5-15(23)6-4-12)11-27-19(31)14-7-13(8-26-9-14)18-29-21(17(24)25)33-30-18;1-13(2,8-15)11-7-17-12(16-11)9-3-5-10(14)6-4-9;10-6(11)8-13-7(14-17-8)4-1-5(9(15)16)3-12-2-4/h3-10,17H,11H2,1-2H3,(H,27,31);3-7H,8,15H2,1-2H3;1-3,6H,(H,15,16). The number of aromatic carboxylic acids is 1. The molecule has 4 N–H and O–H groups in total. The second kappa shape index (κ2) is 20.8. The fourth-order valence-electron chi connectivity index (χ4n) is 5.47. The number of aromatic nitrogens is 8. The lowest BCUT2D eigenvalue weighted by atomic mass is 9.90. The molecule has 6 aromatic heterocycles. The van der Waals surface area contributed by atoms with Gasteiger partial charge in [0.15, 0.2) is 0 Å². The molecule has 0 saturated carbocycles. The molecular formula is C44H38F6N10O7. The summed E-state index contributed by atoms with van der Waals surface area (Å²) in [5.74, 6) is -3.28. The van der Waals surface area contributed by atoms with Crippen molar-refractivity contribution in [3.8, 4) is 45.7 Å². The van der Waals surface area contributed by atoms with Gasteiger partial charge >= 0.3 is 18.8 Å². The summed E-state index contributed by atoms with van der Waals surface area (Å²) in [6.45, 7) is 8.45. The number of pyridine rings is 2. The Hall–Kier alpha value is -8.08. The van der Waals surface area contributed by atoms with E-state index in [0.717, 1.165) is 17.5 Å². The van der Waals surface area contributed by atoms with Gasteiger partial charge in [-0.2, -0.15) is 27.5 Å². The van der Waals surface area contributed by atoms with Gasteiger partial charge < -0.3 is 34.0 Å². The first kappa shape index (κ1) is 48.4. The number of rotatable bonds is 13. The third-order valence-corrected chi connectivity index (χ3v) is 9.54. The molecule has 0 radical (unpaired) electrons. The Morgan fingerprint density at radius 2 is 1.07 bits per heavy atom. The van der Waals surface area contributed by atoms with E-state index in [0.29, 0.717) is 29.6 Å². The Morgan fingerprint density at radius 3 is 1.49 bits per heavy atom. The predicted molar refractivity (Wildman–Crippen MR) is 223 cm³/mol. The normalized spacial score (nSPS) is 11.5. The third kappa shape index (κ3) is 12.4. The number of benzene rings is 2. The van der Waals surface area contributed by atoms with Crippen LogP contribution in [0.2, 0.25) is 0 Å². The number of nitrogens with two attached hydrogens (primary N) is 1. The summed E-state index contributed by atoms with van der Waals surface area (Å²) in [7, 11) is 0. The average Bonchev–Trinajstić information content (AvgIpc) is 4.17. The van der Waals surface area contributed by atoms with Gasteiger partial charge in [-0.1, -0.05) is 38.0 Å². The van der Waals surface area contributed by atoms with Crippen LogP contribution >= 0.6 is 0 Å². The molecule has 0 aliphatic heterocycles. The minimum atomic E-state index is -2.90. The molecule has 0 atom stereocenters. The Morgan fingerprint density at radius 1 is 0.642 bits per heavy atom. The van der Waals surface area contributed by atoms with Gasteiger partial charge in [0.2, 0.25) is 23.4 Å². The van der Waals surface area contributed by atoms with E-state index in [2.05, 4.69) is 54.6 Å². The molecule has 348 valence electrons. The van der Waals surface area contributed by atoms with Crippen LogP contribution < -0.4 is 11.1 Å². The van der Waals surface area contributed by atoms with Crippen LogP contribution in [0.5, 0.6) is 0 Å². The SMILES string of the molecule is CC(C)(CN)c1coc(-c2ccc(F)cc2)n1.CC(C)(CNC(=O)c1cncc(-c2noc(C(F)F)n2)c1)c1coc(-c2ccc(F)cc2)n1.O=C(O)c1cncc(-c2noc(C(F)F)n2)c1. The van der Waals surface area contributed by atoms with E-state index >= 15 is 0 Å². The largest absolute Gasteiger partial charge is 0.478 e. The molecule has 0 aliphatic carbocycles. The molecular weight excluding hydrogens is 895 g/mol. The fraction of sp³-hybridized carbons (Fsp3) is 0.227. The monoisotopic (exact) mass is 932 g/mol. The Kier molecular flexibility index (Phi) is 15.0. The Bertz CT molecular complexity index is 2920. The number of hydrogen-bond acceptors (Lipinski definition) is 15. The van der Waals surface area contributed by atoms with Crippen LogP contribution in [0, 0.1) is 11.6 Å². The van der Waals surface area contributed by atoms with Crippen LogP contribution in [0.25, 0.3) is 45.7 Å². The molecule has 8 rings (SSSR count). The van der Waals surface area contributed by atoms with Crippen molar-refractivity contribution in [2.24, 2.45) is 5.73 Å². The highest BCUT2D eigenvalue weighted by Crippen LogP contribution is 2.28. The lowest BCUT2D eigenvalue weighted by Gasteiger charge is -2.22. The van der Waals surface area contributed by atoms with Crippen molar-refractivity contribution >= 4 is 11.9 Å². The van der Waals surface area contributed by atoms with Gasteiger partial charge in [0.1, 0.15) is 24.2 Å². The van der Waals surface area contributed by atoms with Crippen molar-refractivity contribution in [2.45, 2.75) is 51.4 Å². The van der Waals surface area contributed by atoms with E-state index in [4.69, 9.17) is 19.7 Å². The zero-order valence-corrected chi connectivity index (χ0v) is 35.6. The second-order valence-corrected chi connectivity index (χ2v) is 15.5.